The van der Waals surface area contributed by atoms with Gasteiger partial charge in [-0.25, -0.2) is 4.79 Å². The van der Waals surface area contributed by atoms with Gasteiger partial charge in [0, 0.05) is 0 Å². The molecule has 0 aliphatic rings. The van der Waals surface area contributed by atoms with Crippen LogP contribution in [0, 0.1) is 0 Å². The molecule has 20 heavy (non-hydrogen) atoms. The molecule has 7 heteroatoms. The highest BCUT2D eigenvalue weighted by Crippen LogP contribution is 2.07. The lowest BCUT2D eigenvalue weighted by Crippen LogP contribution is -2.32. The molecule has 0 aliphatic heterocycles. The van der Waals surface area contributed by atoms with Gasteiger partial charge in [-0.3, -0.25) is 4.57 Å². The molecule has 0 aromatic carbocycles. The Morgan fingerprint density at radius 3 is 2.70 bits per heavy atom. The van der Waals surface area contributed by atoms with Crippen molar-refractivity contribution >= 4 is 12.2 Å². The predicted octanol–water partition coefficient (Wildman–Crippen LogP) is -0.117. The number of hydrogen-bond acceptors (Lipinski definition) is 6. The van der Waals surface area contributed by atoms with Gasteiger partial charge in [0.1, 0.15) is 6.54 Å². The second-order valence-electron chi connectivity index (χ2n) is 4.43. The maximum Gasteiger partial charge on any atom is 0.420 e. The van der Waals surface area contributed by atoms with Gasteiger partial charge in [-0.1, -0.05) is 13.0 Å². The topological polar surface area (TPSA) is 100 Å². The minimum Gasteiger partial charge on any atom is -0.422 e. The van der Waals surface area contributed by atoms with E-state index in [-0.39, 0.29) is 12.6 Å². The van der Waals surface area contributed by atoms with E-state index in [1.54, 1.807) is 13.0 Å². The highest BCUT2D eigenvalue weighted by atomic mass is 16.4. The van der Waals surface area contributed by atoms with Crippen molar-refractivity contribution in [1.29, 1.82) is 0 Å². The molecule has 0 fully saturated rings. The third-order valence-electron chi connectivity index (χ3n) is 2.79. The van der Waals surface area contributed by atoms with Crippen molar-refractivity contribution in [2.45, 2.75) is 39.8 Å². The maximum absolute atomic E-state index is 11.9. The summed E-state index contributed by atoms with van der Waals surface area (Å²) in [6.45, 7) is 5.72. The van der Waals surface area contributed by atoms with Crippen LogP contribution in [-0.2, 0) is 6.54 Å². The number of rotatable bonds is 4. The summed E-state index contributed by atoms with van der Waals surface area (Å²) < 4.78 is 12.1. The average molecular weight is 278 g/mol. The fourth-order valence-electron chi connectivity index (χ4n) is 1.84. The maximum atomic E-state index is 11.9. The molecule has 7 nitrogen and oxygen atoms in total. The minimum atomic E-state index is -0.446. The third-order valence-corrected chi connectivity index (χ3v) is 2.79. The lowest BCUT2D eigenvalue weighted by molar-refractivity contribution is 0.404. The third kappa shape index (κ3) is 2.72. The van der Waals surface area contributed by atoms with E-state index in [9.17, 15) is 4.79 Å². The lowest BCUT2D eigenvalue weighted by atomic mass is 10.4. The van der Waals surface area contributed by atoms with Gasteiger partial charge in [0.05, 0.1) is 11.4 Å². The Balaban J connectivity index is 2.46. The first-order valence-electron chi connectivity index (χ1n) is 6.50. The Labute approximate surface area is 115 Å². The van der Waals surface area contributed by atoms with Crippen LogP contribution >= 0.6 is 0 Å². The average Bonchev–Trinajstić information content (AvgIpc) is 2.98. The Morgan fingerprint density at radius 1 is 1.40 bits per heavy atom. The van der Waals surface area contributed by atoms with Crippen LogP contribution < -0.4 is 22.3 Å². The molecule has 2 aromatic heterocycles. The summed E-state index contributed by atoms with van der Waals surface area (Å²) in [7, 11) is 0. The van der Waals surface area contributed by atoms with Gasteiger partial charge in [-0.2, -0.15) is 0 Å². The molecule has 0 saturated heterocycles. The molecule has 1 unspecified atom stereocenters. The Morgan fingerprint density at radius 2 is 2.15 bits per heavy atom. The van der Waals surface area contributed by atoms with Crippen molar-refractivity contribution < 1.29 is 8.83 Å². The van der Waals surface area contributed by atoms with Gasteiger partial charge < -0.3 is 14.6 Å². The van der Waals surface area contributed by atoms with Gasteiger partial charge >= 0.3 is 5.76 Å². The van der Waals surface area contributed by atoms with Crippen LogP contribution in [0.25, 0.3) is 12.2 Å². The zero-order chi connectivity index (χ0) is 14.7. The first-order chi connectivity index (χ1) is 9.56. The van der Waals surface area contributed by atoms with Gasteiger partial charge in [-0.15, -0.1) is 10.2 Å². The SMILES string of the molecule is C/C=c1/oc(=O)n(Cc2nnc(C(C)N)o2)/c1=C/CC. The monoisotopic (exact) mass is 278 g/mol. The molecule has 2 aromatic rings. The molecule has 0 aliphatic carbocycles. The highest BCUT2D eigenvalue weighted by Gasteiger charge is 2.13. The van der Waals surface area contributed by atoms with Crippen LogP contribution in [0.5, 0.6) is 0 Å². The standard InChI is InChI=1S/C13H18N4O3/c1-4-6-9-10(5-2)19-13(18)17(9)7-11-15-16-12(20-11)8(3)14/h5-6,8H,4,7,14H2,1-3H3/b9-6+,10-5+. The molecule has 108 valence electrons. The fraction of sp³-hybridized carbons (Fsp3) is 0.462. The smallest absolute Gasteiger partial charge is 0.420 e. The van der Waals surface area contributed by atoms with Crippen LogP contribution in [0.1, 0.15) is 45.0 Å². The summed E-state index contributed by atoms with van der Waals surface area (Å²) in [5, 5.41) is 8.45. The molecule has 0 bridgehead atoms. The summed E-state index contributed by atoms with van der Waals surface area (Å²) in [6, 6.07) is -0.335. The quantitative estimate of drug-likeness (QED) is 0.837. The van der Waals surface area contributed by atoms with E-state index in [1.165, 1.54) is 4.57 Å². The number of oxazole rings is 1. The molecule has 2 rings (SSSR count). The molecule has 0 amide bonds. The summed E-state index contributed by atoms with van der Waals surface area (Å²) in [5.41, 5.74) is 6.20. The largest absolute Gasteiger partial charge is 0.422 e. The van der Waals surface area contributed by atoms with Crippen LogP contribution in [-0.4, -0.2) is 14.8 Å². The Bertz CT molecular complexity index is 751. The van der Waals surface area contributed by atoms with Gasteiger partial charge in [0.15, 0.2) is 5.42 Å². The number of nitrogens with zero attached hydrogens (tertiary/aromatic N) is 3. The van der Waals surface area contributed by atoms with Crippen LogP contribution in [0.15, 0.2) is 13.6 Å². The highest BCUT2D eigenvalue weighted by molar-refractivity contribution is 5.22. The lowest BCUT2D eigenvalue weighted by Gasteiger charge is -1.97. The summed E-state index contributed by atoms with van der Waals surface area (Å²) >= 11 is 0. The normalized spacial score (nSPS) is 15.0. The van der Waals surface area contributed by atoms with E-state index in [0.29, 0.717) is 17.2 Å². The molecule has 0 spiro atoms. The predicted molar refractivity (Wildman–Crippen MR) is 73.1 cm³/mol. The summed E-state index contributed by atoms with van der Waals surface area (Å²) in [4.78, 5) is 11.9. The molecule has 0 radical (unpaired) electrons. The van der Waals surface area contributed by atoms with Crippen molar-refractivity contribution in [2.75, 3.05) is 0 Å². The van der Waals surface area contributed by atoms with E-state index in [1.807, 2.05) is 19.9 Å². The number of hydrogen-bond donors (Lipinski definition) is 1. The first kappa shape index (κ1) is 14.3. The number of nitrogens with two attached hydrogens (primary N) is 1. The van der Waals surface area contributed by atoms with E-state index in [0.717, 1.165) is 11.8 Å². The second kappa shape index (κ2) is 5.87. The van der Waals surface area contributed by atoms with Gasteiger partial charge in [-0.05, 0) is 26.3 Å². The molecule has 2 heterocycles. The van der Waals surface area contributed by atoms with Crippen molar-refractivity contribution in [3.8, 4) is 0 Å². The molecule has 2 N–H and O–H groups in total. The zero-order valence-corrected chi connectivity index (χ0v) is 11.8. The van der Waals surface area contributed by atoms with Crippen LogP contribution in [0.4, 0.5) is 0 Å². The molecular weight excluding hydrogens is 260 g/mol. The summed E-state index contributed by atoms with van der Waals surface area (Å²) in [6.07, 6.45) is 4.46. The van der Waals surface area contributed by atoms with E-state index in [2.05, 4.69) is 10.2 Å². The number of aromatic nitrogens is 3. The Hall–Kier alpha value is -2.15. The minimum absolute atomic E-state index is 0.168. The second-order valence-corrected chi connectivity index (χ2v) is 4.43. The zero-order valence-electron chi connectivity index (χ0n) is 11.8. The first-order valence-corrected chi connectivity index (χ1v) is 6.50. The fourth-order valence-corrected chi connectivity index (χ4v) is 1.84. The molecular formula is C13H18N4O3. The molecule has 0 saturated carbocycles. The van der Waals surface area contributed by atoms with Crippen molar-refractivity contribution in [3.63, 3.8) is 0 Å². The Kier molecular flexibility index (Phi) is 4.19. The summed E-state index contributed by atoms with van der Waals surface area (Å²) in [5.74, 6) is 0.229. The van der Waals surface area contributed by atoms with E-state index >= 15 is 0 Å². The van der Waals surface area contributed by atoms with Crippen molar-refractivity contribution in [1.82, 2.24) is 14.8 Å². The van der Waals surface area contributed by atoms with Gasteiger partial charge in [0.2, 0.25) is 11.8 Å². The van der Waals surface area contributed by atoms with Crippen LogP contribution in [0.3, 0.4) is 0 Å². The van der Waals surface area contributed by atoms with E-state index in [4.69, 9.17) is 14.6 Å². The van der Waals surface area contributed by atoms with Crippen LogP contribution in [0.2, 0.25) is 0 Å². The van der Waals surface area contributed by atoms with Gasteiger partial charge in [0.25, 0.3) is 0 Å². The van der Waals surface area contributed by atoms with Crippen molar-refractivity contribution in [2.24, 2.45) is 5.73 Å². The van der Waals surface area contributed by atoms with Crippen molar-refractivity contribution in [3.05, 3.63) is 33.1 Å². The van der Waals surface area contributed by atoms with E-state index < -0.39 is 5.76 Å². The molecule has 1 atom stereocenters.